The fourth-order valence-electron chi connectivity index (χ4n) is 1.69. The molecule has 100 valence electrons. The molecule has 3 heteroatoms. The van der Waals surface area contributed by atoms with Crippen LogP contribution < -0.4 is 0 Å². The maximum absolute atomic E-state index is 10.9. The lowest BCUT2D eigenvalue weighted by atomic mass is 10.1. The monoisotopic (exact) mass is 250 g/mol. The Morgan fingerprint density at radius 1 is 1.06 bits per heavy atom. The van der Waals surface area contributed by atoms with Crippen LogP contribution >= 0.6 is 0 Å². The second-order valence-corrected chi connectivity index (χ2v) is 4.28. The number of hydrogen-bond donors (Lipinski definition) is 0. The Bertz CT molecular complexity index is 322. The molecule has 0 bridgehead atoms. The first kappa shape index (κ1) is 14.7. The maximum atomic E-state index is 10.9. The van der Waals surface area contributed by atoms with Crippen molar-refractivity contribution < 1.29 is 14.3 Å². The van der Waals surface area contributed by atoms with Gasteiger partial charge in [-0.25, -0.2) is 0 Å². The molecule has 0 unspecified atom stereocenters. The summed E-state index contributed by atoms with van der Waals surface area (Å²) in [5.74, 6) is -0.115. The first-order valence-electron chi connectivity index (χ1n) is 6.51. The number of carbonyl (C=O) groups is 1. The molecule has 0 heterocycles. The van der Waals surface area contributed by atoms with Crippen LogP contribution in [0.2, 0.25) is 0 Å². The quantitative estimate of drug-likeness (QED) is 0.498. The Balaban J connectivity index is 1.89. The molecule has 0 saturated carbocycles. The van der Waals surface area contributed by atoms with E-state index in [2.05, 4.69) is 16.9 Å². The summed E-state index contributed by atoms with van der Waals surface area (Å²) < 4.78 is 10.2. The summed E-state index contributed by atoms with van der Waals surface area (Å²) in [5.41, 5.74) is 1.21. The van der Waals surface area contributed by atoms with Crippen molar-refractivity contribution in [2.24, 2.45) is 0 Å². The third-order valence-electron chi connectivity index (χ3n) is 2.76. The second kappa shape index (κ2) is 9.66. The molecular weight excluding hydrogens is 228 g/mol. The Hall–Kier alpha value is -1.35. The van der Waals surface area contributed by atoms with E-state index in [1.54, 1.807) is 0 Å². The number of methoxy groups -OCH3 is 1. The molecule has 0 N–H and O–H groups in total. The summed E-state index contributed by atoms with van der Waals surface area (Å²) in [4.78, 5) is 10.9. The van der Waals surface area contributed by atoms with E-state index in [9.17, 15) is 4.79 Å². The van der Waals surface area contributed by atoms with Crippen LogP contribution in [0.15, 0.2) is 30.3 Å². The van der Waals surface area contributed by atoms with E-state index in [4.69, 9.17) is 4.74 Å². The van der Waals surface area contributed by atoms with Gasteiger partial charge in [-0.1, -0.05) is 43.2 Å². The van der Waals surface area contributed by atoms with Crippen LogP contribution in [-0.2, 0) is 20.9 Å². The van der Waals surface area contributed by atoms with E-state index in [0.717, 1.165) is 32.3 Å². The summed E-state index contributed by atoms with van der Waals surface area (Å²) in [6.07, 6.45) is 4.65. The van der Waals surface area contributed by atoms with Crippen molar-refractivity contribution in [1.82, 2.24) is 0 Å². The van der Waals surface area contributed by atoms with Crippen LogP contribution in [0.4, 0.5) is 0 Å². The highest BCUT2D eigenvalue weighted by atomic mass is 16.5. The smallest absolute Gasteiger partial charge is 0.305 e. The van der Waals surface area contributed by atoms with Crippen molar-refractivity contribution >= 4 is 5.97 Å². The lowest BCUT2D eigenvalue weighted by Crippen LogP contribution is -1.99. The van der Waals surface area contributed by atoms with Gasteiger partial charge in [-0.2, -0.15) is 0 Å². The van der Waals surface area contributed by atoms with E-state index in [-0.39, 0.29) is 5.97 Å². The van der Waals surface area contributed by atoms with E-state index in [1.807, 2.05) is 18.2 Å². The number of hydrogen-bond acceptors (Lipinski definition) is 3. The fraction of sp³-hybridized carbons (Fsp3) is 0.533. The number of esters is 1. The summed E-state index contributed by atoms with van der Waals surface area (Å²) in [7, 11) is 1.43. The van der Waals surface area contributed by atoms with Crippen LogP contribution in [0.25, 0.3) is 0 Å². The predicted octanol–water partition coefficient (Wildman–Crippen LogP) is 3.33. The van der Waals surface area contributed by atoms with Crippen LogP contribution in [0.5, 0.6) is 0 Å². The topological polar surface area (TPSA) is 35.5 Å². The molecule has 0 amide bonds. The molecule has 3 nitrogen and oxygen atoms in total. The van der Waals surface area contributed by atoms with E-state index < -0.39 is 0 Å². The minimum atomic E-state index is -0.115. The lowest BCUT2D eigenvalue weighted by Gasteiger charge is -2.04. The molecule has 0 aliphatic carbocycles. The lowest BCUT2D eigenvalue weighted by molar-refractivity contribution is -0.140. The summed E-state index contributed by atoms with van der Waals surface area (Å²) in [5, 5.41) is 0. The SMILES string of the molecule is COC(=O)CCCCCCOCc1ccccc1. The highest BCUT2D eigenvalue weighted by Crippen LogP contribution is 2.05. The average molecular weight is 250 g/mol. The van der Waals surface area contributed by atoms with Crippen molar-refractivity contribution in [3.63, 3.8) is 0 Å². The zero-order valence-electron chi connectivity index (χ0n) is 11.1. The van der Waals surface area contributed by atoms with Crippen molar-refractivity contribution in [3.05, 3.63) is 35.9 Å². The molecular formula is C15H22O3. The van der Waals surface area contributed by atoms with Gasteiger partial charge < -0.3 is 9.47 Å². The second-order valence-electron chi connectivity index (χ2n) is 4.28. The molecule has 0 saturated heterocycles. The minimum absolute atomic E-state index is 0.115. The Labute approximate surface area is 109 Å². The molecule has 0 aromatic heterocycles. The number of unbranched alkanes of at least 4 members (excludes halogenated alkanes) is 3. The van der Waals surface area contributed by atoms with Gasteiger partial charge in [-0.15, -0.1) is 0 Å². The third-order valence-corrected chi connectivity index (χ3v) is 2.76. The van der Waals surface area contributed by atoms with Crippen LogP contribution in [-0.4, -0.2) is 19.7 Å². The number of ether oxygens (including phenoxy) is 2. The minimum Gasteiger partial charge on any atom is -0.469 e. The van der Waals surface area contributed by atoms with E-state index in [1.165, 1.54) is 12.7 Å². The van der Waals surface area contributed by atoms with Crippen LogP contribution in [0.3, 0.4) is 0 Å². The first-order chi connectivity index (χ1) is 8.83. The first-order valence-corrected chi connectivity index (χ1v) is 6.51. The van der Waals surface area contributed by atoms with Crippen molar-refractivity contribution in [3.8, 4) is 0 Å². The zero-order chi connectivity index (χ0) is 13.1. The molecule has 0 aliphatic heterocycles. The van der Waals surface area contributed by atoms with Crippen molar-refractivity contribution in [2.75, 3.05) is 13.7 Å². The fourth-order valence-corrected chi connectivity index (χ4v) is 1.69. The maximum Gasteiger partial charge on any atom is 0.305 e. The number of benzene rings is 1. The highest BCUT2D eigenvalue weighted by molar-refractivity contribution is 5.68. The Kier molecular flexibility index (Phi) is 7.89. The van der Waals surface area contributed by atoms with Gasteiger partial charge in [0.15, 0.2) is 0 Å². The summed E-state index contributed by atoms with van der Waals surface area (Å²) in [6, 6.07) is 10.2. The zero-order valence-corrected chi connectivity index (χ0v) is 11.1. The van der Waals surface area contributed by atoms with Crippen molar-refractivity contribution in [2.45, 2.75) is 38.7 Å². The van der Waals surface area contributed by atoms with Gasteiger partial charge in [0.2, 0.25) is 0 Å². The van der Waals surface area contributed by atoms with E-state index >= 15 is 0 Å². The molecule has 1 aromatic rings. The van der Waals surface area contributed by atoms with Gasteiger partial charge in [0.1, 0.15) is 0 Å². The Morgan fingerprint density at radius 2 is 1.78 bits per heavy atom. The Morgan fingerprint density at radius 3 is 2.50 bits per heavy atom. The summed E-state index contributed by atoms with van der Waals surface area (Å²) >= 11 is 0. The van der Waals surface area contributed by atoms with Gasteiger partial charge in [0.05, 0.1) is 13.7 Å². The number of rotatable bonds is 9. The largest absolute Gasteiger partial charge is 0.469 e. The molecule has 0 aliphatic rings. The van der Waals surface area contributed by atoms with Crippen LogP contribution in [0.1, 0.15) is 37.7 Å². The highest BCUT2D eigenvalue weighted by Gasteiger charge is 1.99. The molecule has 0 radical (unpaired) electrons. The molecule has 18 heavy (non-hydrogen) atoms. The molecule has 0 spiro atoms. The van der Waals surface area contributed by atoms with Crippen molar-refractivity contribution in [1.29, 1.82) is 0 Å². The van der Waals surface area contributed by atoms with Gasteiger partial charge in [-0.3, -0.25) is 4.79 Å². The molecule has 0 atom stereocenters. The predicted molar refractivity (Wildman–Crippen MR) is 71.2 cm³/mol. The molecule has 1 rings (SSSR count). The van der Waals surface area contributed by atoms with Gasteiger partial charge >= 0.3 is 5.97 Å². The molecule has 1 aromatic carbocycles. The average Bonchev–Trinajstić information content (AvgIpc) is 2.42. The van der Waals surface area contributed by atoms with Gasteiger partial charge in [0.25, 0.3) is 0 Å². The standard InChI is InChI=1S/C15H22O3/c1-17-15(16)11-7-2-3-8-12-18-13-14-9-5-4-6-10-14/h4-6,9-10H,2-3,7-8,11-13H2,1H3. The van der Waals surface area contributed by atoms with Gasteiger partial charge in [-0.05, 0) is 18.4 Å². The van der Waals surface area contributed by atoms with Crippen LogP contribution in [0, 0.1) is 0 Å². The number of carbonyl (C=O) groups excluding carboxylic acids is 1. The van der Waals surface area contributed by atoms with E-state index in [0.29, 0.717) is 13.0 Å². The van der Waals surface area contributed by atoms with Gasteiger partial charge in [0, 0.05) is 13.0 Å². The normalized spacial score (nSPS) is 10.3. The molecule has 0 fully saturated rings. The third kappa shape index (κ3) is 7.07. The summed E-state index contributed by atoms with van der Waals surface area (Å²) in [6.45, 7) is 1.47.